The molecular weight excluding hydrogens is 252 g/mol. The van der Waals surface area contributed by atoms with E-state index < -0.39 is 0 Å². The average molecular weight is 269 g/mol. The Kier molecular flexibility index (Phi) is 5.39. The third-order valence-corrected chi connectivity index (χ3v) is 2.32. The first-order valence-electron chi connectivity index (χ1n) is 4.46. The average Bonchev–Trinajstić information content (AvgIpc) is 2.19. The van der Waals surface area contributed by atoms with Gasteiger partial charge in [-0.2, -0.15) is 9.97 Å². The normalized spacial score (nSPS) is 9.17. The molecule has 0 unspecified atom stereocenters. The van der Waals surface area contributed by atoms with Crippen LogP contribution in [0.1, 0.15) is 14.9 Å². The van der Waals surface area contributed by atoms with Gasteiger partial charge in [-0.25, -0.2) is 0 Å². The van der Waals surface area contributed by atoms with Crippen LogP contribution in [0.25, 0.3) is 11.1 Å². The zero-order valence-corrected chi connectivity index (χ0v) is 8.94. The van der Waals surface area contributed by atoms with Crippen molar-refractivity contribution in [3.63, 3.8) is 0 Å². The quantitative estimate of drug-likeness (QED) is 0.739. The lowest BCUT2D eigenvalue weighted by atomic mass is 10.1. The predicted octanol–water partition coefficient (Wildman–Crippen LogP) is 2.94. The molecule has 0 aliphatic heterocycles. The number of halogens is 1. The molecule has 98 valence electrons. The SMILES string of the molecule is C.C.Nc1nc(N)c(-c2ccc(Cl)cc2)c(O)n1. The second-order valence-corrected chi connectivity index (χ2v) is 3.61. The number of nitrogens with two attached hydrogens (primary N) is 2. The number of hydrogen-bond acceptors (Lipinski definition) is 5. The first-order chi connectivity index (χ1) is 7.58. The topological polar surface area (TPSA) is 98.0 Å². The van der Waals surface area contributed by atoms with Crippen molar-refractivity contribution in [3.8, 4) is 17.0 Å². The summed E-state index contributed by atoms with van der Waals surface area (Å²) >= 11 is 5.76. The lowest BCUT2D eigenvalue weighted by Crippen LogP contribution is -2.01. The van der Waals surface area contributed by atoms with E-state index in [1.807, 2.05) is 0 Å². The van der Waals surface area contributed by atoms with Gasteiger partial charge in [-0.15, -0.1) is 0 Å². The molecule has 2 rings (SSSR count). The van der Waals surface area contributed by atoms with Crippen LogP contribution < -0.4 is 11.5 Å². The molecule has 0 radical (unpaired) electrons. The van der Waals surface area contributed by atoms with Crippen molar-refractivity contribution in [2.75, 3.05) is 11.5 Å². The molecule has 1 heterocycles. The molecule has 5 N–H and O–H groups in total. The van der Waals surface area contributed by atoms with E-state index in [4.69, 9.17) is 23.1 Å². The first kappa shape index (κ1) is 16.0. The van der Waals surface area contributed by atoms with Gasteiger partial charge >= 0.3 is 0 Å². The van der Waals surface area contributed by atoms with E-state index in [2.05, 4.69) is 9.97 Å². The number of aromatic hydroxyl groups is 1. The highest BCUT2D eigenvalue weighted by molar-refractivity contribution is 6.30. The van der Waals surface area contributed by atoms with Crippen LogP contribution in [-0.4, -0.2) is 15.1 Å². The van der Waals surface area contributed by atoms with Gasteiger partial charge in [0.1, 0.15) is 5.82 Å². The Morgan fingerprint density at radius 2 is 1.56 bits per heavy atom. The van der Waals surface area contributed by atoms with Gasteiger partial charge in [0.2, 0.25) is 11.8 Å². The minimum Gasteiger partial charge on any atom is -0.493 e. The summed E-state index contributed by atoms with van der Waals surface area (Å²) in [6.45, 7) is 0. The molecule has 18 heavy (non-hydrogen) atoms. The number of hydrogen-bond donors (Lipinski definition) is 3. The van der Waals surface area contributed by atoms with Crippen LogP contribution in [0.4, 0.5) is 11.8 Å². The van der Waals surface area contributed by atoms with Crippen LogP contribution in [0.2, 0.25) is 5.02 Å². The van der Waals surface area contributed by atoms with Crippen LogP contribution in [0.15, 0.2) is 24.3 Å². The van der Waals surface area contributed by atoms with Crippen LogP contribution in [-0.2, 0) is 0 Å². The molecule has 1 aromatic carbocycles. The molecular formula is C12H17ClN4O. The summed E-state index contributed by atoms with van der Waals surface area (Å²) in [6.07, 6.45) is 0. The summed E-state index contributed by atoms with van der Waals surface area (Å²) < 4.78 is 0. The highest BCUT2D eigenvalue weighted by Gasteiger charge is 2.12. The van der Waals surface area contributed by atoms with Gasteiger partial charge in [0, 0.05) is 5.02 Å². The Bertz CT molecular complexity index is 505. The summed E-state index contributed by atoms with van der Waals surface area (Å²) in [6, 6.07) is 6.80. The van der Waals surface area contributed by atoms with Gasteiger partial charge in [-0.3, -0.25) is 0 Å². The molecule has 0 amide bonds. The number of nitrogens with zero attached hydrogens (tertiary/aromatic N) is 2. The monoisotopic (exact) mass is 268 g/mol. The van der Waals surface area contributed by atoms with Gasteiger partial charge in [0.15, 0.2) is 0 Å². The highest BCUT2D eigenvalue weighted by atomic mass is 35.5. The fourth-order valence-corrected chi connectivity index (χ4v) is 1.50. The van der Waals surface area contributed by atoms with Crippen molar-refractivity contribution in [3.05, 3.63) is 29.3 Å². The molecule has 0 atom stereocenters. The molecule has 5 nitrogen and oxygen atoms in total. The van der Waals surface area contributed by atoms with E-state index in [-0.39, 0.29) is 32.5 Å². The van der Waals surface area contributed by atoms with Crippen LogP contribution >= 0.6 is 11.6 Å². The minimum absolute atomic E-state index is 0. The minimum atomic E-state index is -0.243. The van der Waals surface area contributed by atoms with Crippen molar-refractivity contribution >= 4 is 23.4 Å². The fraction of sp³-hybridized carbons (Fsp3) is 0.167. The Hall–Kier alpha value is -2.01. The lowest BCUT2D eigenvalue weighted by Gasteiger charge is -2.07. The largest absolute Gasteiger partial charge is 0.493 e. The third-order valence-electron chi connectivity index (χ3n) is 2.07. The molecule has 0 aliphatic carbocycles. The second-order valence-electron chi connectivity index (χ2n) is 3.17. The van der Waals surface area contributed by atoms with Gasteiger partial charge in [-0.1, -0.05) is 38.6 Å². The third kappa shape index (κ3) is 3.01. The van der Waals surface area contributed by atoms with Crippen LogP contribution in [0.3, 0.4) is 0 Å². The van der Waals surface area contributed by atoms with Crippen molar-refractivity contribution in [1.29, 1.82) is 0 Å². The van der Waals surface area contributed by atoms with Gasteiger partial charge < -0.3 is 16.6 Å². The maximum Gasteiger partial charge on any atom is 0.225 e. The standard InChI is InChI=1S/C10H9ClN4O.2CH4/c11-6-3-1-5(2-4-6)7-8(12)14-10(13)15-9(7)16;;/h1-4H,(H5,12,13,14,15,16);2*1H4. The number of aromatic nitrogens is 2. The first-order valence-corrected chi connectivity index (χ1v) is 4.83. The maximum atomic E-state index is 9.65. The number of anilines is 2. The number of rotatable bonds is 1. The zero-order chi connectivity index (χ0) is 11.7. The summed E-state index contributed by atoms with van der Waals surface area (Å²) in [5, 5.41) is 10.2. The summed E-state index contributed by atoms with van der Waals surface area (Å²) in [5.74, 6) is -0.174. The Balaban J connectivity index is 0.00000144. The Morgan fingerprint density at radius 1 is 1.00 bits per heavy atom. The maximum absolute atomic E-state index is 9.65. The van der Waals surface area contributed by atoms with Crippen molar-refractivity contribution in [1.82, 2.24) is 9.97 Å². The van der Waals surface area contributed by atoms with E-state index >= 15 is 0 Å². The number of nitrogen functional groups attached to an aromatic ring is 2. The van der Waals surface area contributed by atoms with Crippen molar-refractivity contribution in [2.24, 2.45) is 0 Å². The van der Waals surface area contributed by atoms with Gasteiger partial charge in [-0.05, 0) is 17.7 Å². The Morgan fingerprint density at radius 3 is 2.06 bits per heavy atom. The molecule has 0 saturated heterocycles. The Labute approximate surface area is 111 Å². The van der Waals surface area contributed by atoms with E-state index in [0.29, 0.717) is 16.1 Å². The van der Waals surface area contributed by atoms with E-state index in [1.54, 1.807) is 24.3 Å². The van der Waals surface area contributed by atoms with E-state index in [0.717, 1.165) is 0 Å². The predicted molar refractivity (Wildman–Crippen MR) is 76.4 cm³/mol. The molecule has 6 heteroatoms. The molecule has 0 bridgehead atoms. The molecule has 0 aliphatic rings. The molecule has 0 spiro atoms. The van der Waals surface area contributed by atoms with Crippen molar-refractivity contribution in [2.45, 2.75) is 14.9 Å². The molecule has 0 fully saturated rings. The lowest BCUT2D eigenvalue weighted by molar-refractivity contribution is 0.456. The van der Waals surface area contributed by atoms with E-state index in [1.165, 1.54) is 0 Å². The van der Waals surface area contributed by atoms with E-state index in [9.17, 15) is 5.11 Å². The molecule has 1 aromatic heterocycles. The molecule has 0 saturated carbocycles. The smallest absolute Gasteiger partial charge is 0.225 e. The summed E-state index contributed by atoms with van der Waals surface area (Å²) in [7, 11) is 0. The van der Waals surface area contributed by atoms with Gasteiger partial charge in [0.05, 0.1) is 5.56 Å². The second kappa shape index (κ2) is 6.07. The summed E-state index contributed by atoms with van der Waals surface area (Å²) in [5.41, 5.74) is 12.0. The fourth-order valence-electron chi connectivity index (χ4n) is 1.38. The highest BCUT2D eigenvalue weighted by Crippen LogP contribution is 2.32. The van der Waals surface area contributed by atoms with Gasteiger partial charge in [0.25, 0.3) is 0 Å². The zero-order valence-electron chi connectivity index (χ0n) is 8.18. The van der Waals surface area contributed by atoms with Crippen LogP contribution in [0.5, 0.6) is 5.88 Å². The van der Waals surface area contributed by atoms with Crippen LogP contribution in [0, 0.1) is 0 Å². The van der Waals surface area contributed by atoms with Crippen molar-refractivity contribution < 1.29 is 5.11 Å². The molecule has 2 aromatic rings. The number of benzene rings is 1. The summed E-state index contributed by atoms with van der Waals surface area (Å²) in [4.78, 5) is 7.43.